The van der Waals surface area contributed by atoms with Crippen LogP contribution >= 0.6 is 51.5 Å². The smallest absolute Gasteiger partial charge is 0.270 e. The number of rotatable bonds is 4. The molecule has 0 aliphatic carbocycles. The van der Waals surface area contributed by atoms with E-state index in [-0.39, 0.29) is 5.91 Å². The Morgan fingerprint density at radius 3 is 2.52 bits per heavy atom. The van der Waals surface area contributed by atoms with Crippen LogP contribution in [0, 0.1) is 0 Å². The van der Waals surface area contributed by atoms with Gasteiger partial charge >= 0.3 is 0 Å². The van der Waals surface area contributed by atoms with E-state index < -0.39 is 0 Å². The van der Waals surface area contributed by atoms with Crippen LogP contribution < -0.4 is 9.64 Å². The van der Waals surface area contributed by atoms with Gasteiger partial charge in [0.05, 0.1) is 15.6 Å². The van der Waals surface area contributed by atoms with Gasteiger partial charge in [-0.2, -0.15) is 0 Å². The van der Waals surface area contributed by atoms with Gasteiger partial charge in [-0.3, -0.25) is 9.69 Å². The molecule has 0 N–H and O–H groups in total. The lowest BCUT2D eigenvalue weighted by Crippen LogP contribution is -2.27. The van der Waals surface area contributed by atoms with Crippen molar-refractivity contribution in [1.29, 1.82) is 0 Å². The minimum absolute atomic E-state index is 0.173. The number of thioether (sulfide) groups is 1. The highest BCUT2D eigenvalue weighted by atomic mass is 79.9. The summed E-state index contributed by atoms with van der Waals surface area (Å²) in [6, 6.07) is 22.4. The van der Waals surface area contributed by atoms with Crippen LogP contribution in [-0.2, 0) is 4.79 Å². The molecular formula is C22H13BrClNO2S2. The predicted octanol–water partition coefficient (Wildman–Crippen LogP) is 7.30. The molecule has 29 heavy (non-hydrogen) atoms. The largest absolute Gasteiger partial charge is 0.457 e. The number of carbonyl (C=O) groups is 1. The average Bonchev–Trinajstić information content (AvgIpc) is 2.98. The van der Waals surface area contributed by atoms with Gasteiger partial charge in [0.15, 0.2) is 4.32 Å². The molecule has 0 bridgehead atoms. The van der Waals surface area contributed by atoms with E-state index in [1.54, 1.807) is 18.2 Å². The van der Waals surface area contributed by atoms with E-state index >= 15 is 0 Å². The van der Waals surface area contributed by atoms with E-state index in [1.807, 2.05) is 60.7 Å². The van der Waals surface area contributed by atoms with Gasteiger partial charge in [0.2, 0.25) is 0 Å². The second-order valence-electron chi connectivity index (χ2n) is 6.10. The molecule has 0 aromatic heterocycles. The van der Waals surface area contributed by atoms with Crippen molar-refractivity contribution in [2.24, 2.45) is 0 Å². The molecule has 0 radical (unpaired) electrons. The van der Waals surface area contributed by atoms with Gasteiger partial charge in [0, 0.05) is 4.47 Å². The first-order chi connectivity index (χ1) is 14.0. The number of ether oxygens (including phenoxy) is 1. The maximum Gasteiger partial charge on any atom is 0.270 e. The summed E-state index contributed by atoms with van der Waals surface area (Å²) < 4.78 is 7.10. The fraction of sp³-hybridized carbons (Fsp3) is 0. The molecule has 0 unspecified atom stereocenters. The third kappa shape index (κ3) is 4.56. The Labute approximate surface area is 191 Å². The summed E-state index contributed by atoms with van der Waals surface area (Å²) in [7, 11) is 0. The Morgan fingerprint density at radius 1 is 1.00 bits per heavy atom. The summed E-state index contributed by atoms with van der Waals surface area (Å²) in [6.45, 7) is 0. The first-order valence-electron chi connectivity index (χ1n) is 8.57. The van der Waals surface area contributed by atoms with Crippen molar-refractivity contribution in [1.82, 2.24) is 0 Å². The van der Waals surface area contributed by atoms with E-state index in [2.05, 4.69) is 15.9 Å². The van der Waals surface area contributed by atoms with E-state index in [0.29, 0.717) is 25.7 Å². The molecule has 7 heteroatoms. The molecule has 0 saturated carbocycles. The topological polar surface area (TPSA) is 29.5 Å². The SMILES string of the molecule is O=C1/C(=C\c2cccc(Oc3ccccc3)c2)SC(=S)N1c1ccc(Br)c(Cl)c1. The van der Waals surface area contributed by atoms with Gasteiger partial charge in [-0.05, 0) is 70.0 Å². The number of benzene rings is 3. The van der Waals surface area contributed by atoms with E-state index in [9.17, 15) is 4.79 Å². The predicted molar refractivity (Wildman–Crippen MR) is 128 cm³/mol. The highest BCUT2D eigenvalue weighted by Gasteiger charge is 2.33. The first-order valence-corrected chi connectivity index (χ1v) is 11.0. The van der Waals surface area contributed by atoms with Crippen molar-refractivity contribution >= 4 is 73.5 Å². The summed E-state index contributed by atoms with van der Waals surface area (Å²) in [5.74, 6) is 1.27. The molecular weight excluding hydrogens is 490 g/mol. The summed E-state index contributed by atoms with van der Waals surface area (Å²) in [5.41, 5.74) is 1.50. The number of hydrogen-bond acceptors (Lipinski definition) is 4. The number of nitrogens with zero attached hydrogens (tertiary/aromatic N) is 1. The molecule has 3 nitrogen and oxygen atoms in total. The lowest BCUT2D eigenvalue weighted by atomic mass is 10.2. The number of para-hydroxylation sites is 1. The molecule has 1 heterocycles. The third-order valence-electron chi connectivity index (χ3n) is 4.09. The molecule has 0 spiro atoms. The number of carbonyl (C=O) groups excluding carboxylic acids is 1. The molecule has 1 aliphatic heterocycles. The highest BCUT2D eigenvalue weighted by molar-refractivity contribution is 9.10. The number of amides is 1. The van der Waals surface area contributed by atoms with Gasteiger partial charge in [-0.15, -0.1) is 0 Å². The normalized spacial score (nSPS) is 15.2. The van der Waals surface area contributed by atoms with Crippen LogP contribution in [-0.4, -0.2) is 10.2 Å². The Bertz CT molecular complexity index is 1130. The quantitative estimate of drug-likeness (QED) is 0.276. The molecule has 1 amide bonds. The first kappa shape index (κ1) is 20.2. The minimum atomic E-state index is -0.173. The fourth-order valence-electron chi connectivity index (χ4n) is 2.76. The zero-order valence-electron chi connectivity index (χ0n) is 14.8. The van der Waals surface area contributed by atoms with Crippen molar-refractivity contribution in [3.05, 3.63) is 92.8 Å². The van der Waals surface area contributed by atoms with Gasteiger partial charge in [-0.25, -0.2) is 0 Å². The fourth-order valence-corrected chi connectivity index (χ4v) is 4.48. The zero-order chi connectivity index (χ0) is 20.4. The summed E-state index contributed by atoms with van der Waals surface area (Å²) >= 11 is 16.2. The molecule has 4 rings (SSSR count). The highest BCUT2D eigenvalue weighted by Crippen LogP contribution is 2.38. The van der Waals surface area contributed by atoms with Gasteiger partial charge in [0.25, 0.3) is 5.91 Å². The Morgan fingerprint density at radius 2 is 1.76 bits per heavy atom. The average molecular weight is 503 g/mol. The van der Waals surface area contributed by atoms with Crippen molar-refractivity contribution in [3.63, 3.8) is 0 Å². The number of halogens is 2. The van der Waals surface area contributed by atoms with Gasteiger partial charge in [0.1, 0.15) is 11.5 Å². The molecule has 1 aliphatic rings. The molecule has 1 saturated heterocycles. The maximum absolute atomic E-state index is 13.0. The standard InChI is InChI=1S/C22H13BrClNO2S2/c23-18-10-9-15(13-19(18)24)25-21(26)20(29-22(25)28)12-14-5-4-8-17(11-14)27-16-6-2-1-3-7-16/h1-13H/b20-12+. The van der Waals surface area contributed by atoms with E-state index in [1.165, 1.54) is 16.7 Å². The van der Waals surface area contributed by atoms with Crippen LogP contribution in [0.15, 0.2) is 82.2 Å². The van der Waals surface area contributed by atoms with Gasteiger partial charge in [-0.1, -0.05) is 65.9 Å². The third-order valence-corrected chi connectivity index (χ3v) is 6.62. The maximum atomic E-state index is 13.0. The number of hydrogen-bond donors (Lipinski definition) is 0. The Balaban J connectivity index is 1.59. The number of anilines is 1. The molecule has 3 aromatic carbocycles. The Hall–Kier alpha value is -2.12. The minimum Gasteiger partial charge on any atom is -0.457 e. The van der Waals surface area contributed by atoms with Crippen molar-refractivity contribution in [3.8, 4) is 11.5 Å². The number of thiocarbonyl (C=S) groups is 1. The summed E-state index contributed by atoms with van der Waals surface area (Å²) in [6.07, 6.45) is 1.82. The van der Waals surface area contributed by atoms with Crippen molar-refractivity contribution < 1.29 is 9.53 Å². The monoisotopic (exact) mass is 501 g/mol. The van der Waals surface area contributed by atoms with Crippen molar-refractivity contribution in [2.45, 2.75) is 0 Å². The van der Waals surface area contributed by atoms with E-state index in [4.69, 9.17) is 28.6 Å². The van der Waals surface area contributed by atoms with Crippen LogP contribution in [0.4, 0.5) is 5.69 Å². The molecule has 0 atom stereocenters. The molecule has 1 fully saturated rings. The van der Waals surface area contributed by atoms with E-state index in [0.717, 1.165) is 15.8 Å². The van der Waals surface area contributed by atoms with Crippen LogP contribution in [0.25, 0.3) is 6.08 Å². The lowest BCUT2D eigenvalue weighted by Gasteiger charge is -2.15. The summed E-state index contributed by atoms with van der Waals surface area (Å²) in [4.78, 5) is 15.0. The second kappa shape index (κ2) is 8.71. The molecule has 3 aromatic rings. The van der Waals surface area contributed by atoms with Crippen LogP contribution in [0.5, 0.6) is 11.5 Å². The summed E-state index contributed by atoms with van der Waals surface area (Å²) in [5, 5.41) is 0.520. The van der Waals surface area contributed by atoms with Gasteiger partial charge < -0.3 is 4.74 Å². The Kier molecular flexibility index (Phi) is 6.06. The zero-order valence-corrected chi connectivity index (χ0v) is 18.8. The molecule has 144 valence electrons. The van der Waals surface area contributed by atoms with Crippen LogP contribution in [0.3, 0.4) is 0 Å². The second-order valence-corrected chi connectivity index (χ2v) is 9.04. The lowest BCUT2D eigenvalue weighted by molar-refractivity contribution is -0.113. The van der Waals surface area contributed by atoms with Crippen LogP contribution in [0.2, 0.25) is 5.02 Å². The van der Waals surface area contributed by atoms with Crippen LogP contribution in [0.1, 0.15) is 5.56 Å². The van der Waals surface area contributed by atoms with Crippen molar-refractivity contribution in [2.75, 3.05) is 4.90 Å².